The van der Waals surface area contributed by atoms with Gasteiger partial charge in [-0.1, -0.05) is 55.3 Å². The summed E-state index contributed by atoms with van der Waals surface area (Å²) in [4.78, 5) is 17.8. The van der Waals surface area contributed by atoms with Crippen molar-refractivity contribution in [3.05, 3.63) is 93.0 Å². The summed E-state index contributed by atoms with van der Waals surface area (Å²) in [6.45, 7) is 0. The first-order valence-electron chi connectivity index (χ1n) is 12.2. The first-order chi connectivity index (χ1) is 16.2. The Morgan fingerprint density at radius 2 is 1.79 bits per heavy atom. The number of aliphatic imine (C=N–C) groups is 1. The summed E-state index contributed by atoms with van der Waals surface area (Å²) in [5, 5.41) is 11.3. The molecular weight excluding hydrogens is 410 g/mol. The van der Waals surface area contributed by atoms with Gasteiger partial charge in [0.05, 0.1) is 11.3 Å². The molecule has 0 amide bonds. The monoisotopic (exact) mass is 441 g/mol. The van der Waals surface area contributed by atoms with E-state index in [1.807, 2.05) is 36.5 Å². The quantitative estimate of drug-likeness (QED) is 0.445. The maximum absolute atomic E-state index is 13.1. The van der Waals surface area contributed by atoms with Gasteiger partial charge in [-0.25, -0.2) is 4.79 Å². The van der Waals surface area contributed by atoms with Gasteiger partial charge in [-0.05, 0) is 61.3 Å². The standard InChI is InChI=1S/C29H31NO3/c31-28-24-13-6-1-2-7-14-25(24)33-29(32)27(28)26(21-15-16-21)22-11-8-12-23(19-22)30-18-17-20-9-4-3-5-10-20/h3-5,8-12,18-19,21,26,31H,1-2,6-7,13-17H2. The second-order valence-corrected chi connectivity index (χ2v) is 9.38. The van der Waals surface area contributed by atoms with E-state index < -0.39 is 0 Å². The van der Waals surface area contributed by atoms with Crippen molar-refractivity contribution in [1.82, 2.24) is 0 Å². The van der Waals surface area contributed by atoms with Crippen molar-refractivity contribution in [2.75, 3.05) is 0 Å². The van der Waals surface area contributed by atoms with E-state index in [-0.39, 0.29) is 17.3 Å². The SMILES string of the molecule is O=c1oc2c(c(O)c1C(c1cccc(N=CCc3ccccc3)c1)C1CC1)CCCCCC2. The van der Waals surface area contributed by atoms with Crippen LogP contribution in [0.4, 0.5) is 5.69 Å². The summed E-state index contributed by atoms with van der Waals surface area (Å²) in [5.41, 5.74) is 4.04. The van der Waals surface area contributed by atoms with Gasteiger partial charge >= 0.3 is 5.63 Å². The summed E-state index contributed by atoms with van der Waals surface area (Å²) in [6, 6.07) is 18.3. The van der Waals surface area contributed by atoms with Crippen LogP contribution in [0, 0.1) is 5.92 Å². The van der Waals surface area contributed by atoms with Crippen LogP contribution in [0.15, 0.2) is 68.8 Å². The molecule has 1 saturated carbocycles. The Morgan fingerprint density at radius 3 is 2.58 bits per heavy atom. The molecule has 0 spiro atoms. The van der Waals surface area contributed by atoms with Crippen molar-refractivity contribution >= 4 is 11.9 Å². The summed E-state index contributed by atoms with van der Waals surface area (Å²) in [7, 11) is 0. The van der Waals surface area contributed by atoms with Gasteiger partial charge in [-0.2, -0.15) is 0 Å². The van der Waals surface area contributed by atoms with Crippen LogP contribution in [-0.4, -0.2) is 11.3 Å². The molecule has 1 atom stereocenters. The number of rotatable bonds is 6. The highest BCUT2D eigenvalue weighted by molar-refractivity contribution is 5.66. The topological polar surface area (TPSA) is 62.8 Å². The molecule has 0 aliphatic heterocycles. The van der Waals surface area contributed by atoms with Crippen molar-refractivity contribution in [3.8, 4) is 5.75 Å². The molecule has 1 N–H and O–H groups in total. The lowest BCUT2D eigenvalue weighted by atomic mass is 9.85. The molecule has 2 aromatic carbocycles. The Morgan fingerprint density at radius 1 is 1.00 bits per heavy atom. The zero-order valence-electron chi connectivity index (χ0n) is 19.0. The van der Waals surface area contributed by atoms with E-state index in [4.69, 9.17) is 4.42 Å². The molecule has 5 rings (SSSR count). The van der Waals surface area contributed by atoms with Gasteiger partial charge in [-0.3, -0.25) is 4.99 Å². The van der Waals surface area contributed by atoms with E-state index in [1.54, 1.807) is 0 Å². The second-order valence-electron chi connectivity index (χ2n) is 9.38. The first-order valence-corrected chi connectivity index (χ1v) is 12.2. The number of hydrogen-bond acceptors (Lipinski definition) is 4. The fraction of sp³-hybridized carbons (Fsp3) is 0.379. The molecule has 2 aliphatic carbocycles. The summed E-state index contributed by atoms with van der Waals surface area (Å²) < 4.78 is 5.83. The average Bonchev–Trinajstić information content (AvgIpc) is 3.64. The minimum Gasteiger partial charge on any atom is -0.507 e. The molecule has 1 unspecified atom stereocenters. The highest BCUT2D eigenvalue weighted by Gasteiger charge is 2.38. The highest BCUT2D eigenvalue weighted by Crippen LogP contribution is 2.49. The zero-order chi connectivity index (χ0) is 22.6. The third-order valence-corrected chi connectivity index (χ3v) is 6.94. The van der Waals surface area contributed by atoms with Gasteiger partial charge in [0, 0.05) is 30.5 Å². The molecule has 33 heavy (non-hydrogen) atoms. The lowest BCUT2D eigenvalue weighted by Crippen LogP contribution is -2.19. The van der Waals surface area contributed by atoms with Crippen LogP contribution >= 0.6 is 0 Å². The Bertz CT molecular complexity index is 1190. The van der Waals surface area contributed by atoms with Gasteiger partial charge in [-0.15, -0.1) is 0 Å². The van der Waals surface area contributed by atoms with Gasteiger partial charge < -0.3 is 9.52 Å². The molecule has 4 nitrogen and oxygen atoms in total. The molecule has 170 valence electrons. The van der Waals surface area contributed by atoms with Crippen molar-refractivity contribution < 1.29 is 9.52 Å². The number of hydrogen-bond donors (Lipinski definition) is 1. The molecular formula is C29H31NO3. The first kappa shape index (κ1) is 21.7. The normalized spacial score (nSPS) is 17.3. The third kappa shape index (κ3) is 4.95. The van der Waals surface area contributed by atoms with Crippen molar-refractivity contribution in [1.29, 1.82) is 0 Å². The molecule has 2 aliphatic rings. The number of fused-ring (bicyclic) bond motifs is 1. The fourth-order valence-corrected chi connectivity index (χ4v) is 5.07. The molecule has 0 radical (unpaired) electrons. The maximum Gasteiger partial charge on any atom is 0.343 e. The zero-order valence-corrected chi connectivity index (χ0v) is 19.0. The Kier molecular flexibility index (Phi) is 6.43. The Labute approximate surface area is 195 Å². The number of aromatic hydroxyl groups is 1. The van der Waals surface area contributed by atoms with E-state index in [0.717, 1.165) is 74.6 Å². The molecule has 3 aromatic rings. The molecule has 4 heteroatoms. The van der Waals surface area contributed by atoms with Crippen LogP contribution in [0.1, 0.15) is 72.5 Å². The molecule has 0 bridgehead atoms. The minimum absolute atomic E-state index is 0.152. The lowest BCUT2D eigenvalue weighted by molar-refractivity contribution is 0.382. The Balaban J connectivity index is 1.47. The summed E-state index contributed by atoms with van der Waals surface area (Å²) in [6.07, 6.45) is 10.7. The molecule has 1 heterocycles. The second kappa shape index (κ2) is 9.78. The van der Waals surface area contributed by atoms with E-state index in [9.17, 15) is 9.90 Å². The molecule has 1 fully saturated rings. The maximum atomic E-state index is 13.1. The van der Waals surface area contributed by atoms with Crippen molar-refractivity contribution in [2.24, 2.45) is 10.9 Å². The number of benzene rings is 2. The van der Waals surface area contributed by atoms with Crippen LogP contribution < -0.4 is 5.63 Å². The van der Waals surface area contributed by atoms with Crippen LogP contribution in [0.2, 0.25) is 0 Å². The third-order valence-electron chi connectivity index (χ3n) is 6.94. The van der Waals surface area contributed by atoms with Crippen LogP contribution in [0.3, 0.4) is 0 Å². The van der Waals surface area contributed by atoms with Gasteiger partial charge in [0.1, 0.15) is 11.5 Å². The van der Waals surface area contributed by atoms with E-state index in [2.05, 4.69) is 29.3 Å². The smallest absolute Gasteiger partial charge is 0.343 e. The number of aryl methyl sites for hydroxylation is 1. The van der Waals surface area contributed by atoms with Crippen molar-refractivity contribution in [2.45, 2.75) is 63.7 Å². The van der Waals surface area contributed by atoms with Crippen LogP contribution in [0.5, 0.6) is 5.75 Å². The van der Waals surface area contributed by atoms with E-state index >= 15 is 0 Å². The Hall–Kier alpha value is -3.14. The molecule has 1 aromatic heterocycles. The summed E-state index contributed by atoms with van der Waals surface area (Å²) >= 11 is 0. The summed E-state index contributed by atoms with van der Waals surface area (Å²) in [5.74, 6) is 1.07. The van der Waals surface area contributed by atoms with Gasteiger partial charge in [0.25, 0.3) is 0 Å². The van der Waals surface area contributed by atoms with Gasteiger partial charge in [0.2, 0.25) is 0 Å². The number of nitrogens with zero attached hydrogens (tertiary/aromatic N) is 1. The molecule has 0 saturated heterocycles. The highest BCUT2D eigenvalue weighted by atomic mass is 16.4. The van der Waals surface area contributed by atoms with E-state index in [1.165, 1.54) is 5.56 Å². The minimum atomic E-state index is -0.373. The lowest BCUT2D eigenvalue weighted by Gasteiger charge is -2.21. The van der Waals surface area contributed by atoms with Crippen molar-refractivity contribution in [3.63, 3.8) is 0 Å². The average molecular weight is 442 g/mol. The predicted molar refractivity (Wildman–Crippen MR) is 132 cm³/mol. The van der Waals surface area contributed by atoms with Crippen LogP contribution in [0.25, 0.3) is 0 Å². The largest absolute Gasteiger partial charge is 0.507 e. The van der Waals surface area contributed by atoms with Crippen LogP contribution in [-0.2, 0) is 19.3 Å². The fourth-order valence-electron chi connectivity index (χ4n) is 5.07. The predicted octanol–water partition coefficient (Wildman–Crippen LogP) is 6.49. The van der Waals surface area contributed by atoms with E-state index in [0.29, 0.717) is 17.2 Å². The van der Waals surface area contributed by atoms with Gasteiger partial charge in [0.15, 0.2) is 0 Å².